The first-order valence-electron chi connectivity index (χ1n) is 11.1. The van der Waals surface area contributed by atoms with E-state index in [1.165, 1.54) is 44.9 Å². The van der Waals surface area contributed by atoms with Crippen LogP contribution >= 0.6 is 0 Å². The van der Waals surface area contributed by atoms with Crippen LogP contribution in [0.1, 0.15) is 90.9 Å². The molecule has 0 aromatic carbocycles. The summed E-state index contributed by atoms with van der Waals surface area (Å²) in [5.74, 6) is 8.19. The number of hydrogen-bond donors (Lipinski definition) is 0. The lowest BCUT2D eigenvalue weighted by Crippen LogP contribution is -2.10. The van der Waals surface area contributed by atoms with E-state index < -0.39 is 0 Å². The number of unbranched alkanes of at least 4 members (excludes halogenated alkanes) is 5. The van der Waals surface area contributed by atoms with E-state index in [2.05, 4.69) is 30.9 Å². The summed E-state index contributed by atoms with van der Waals surface area (Å²) in [6.45, 7) is 5.70. The van der Waals surface area contributed by atoms with E-state index in [0.717, 1.165) is 31.6 Å². The Balaban J connectivity index is 2.09. The van der Waals surface area contributed by atoms with Crippen LogP contribution in [0.3, 0.4) is 0 Å². The molecular formula is C24H40O3. The average Bonchev–Trinajstić information content (AvgIpc) is 3.12. The maximum absolute atomic E-state index is 11.6. The Morgan fingerprint density at radius 3 is 2.78 bits per heavy atom. The third-order valence-corrected chi connectivity index (χ3v) is 5.15. The fraction of sp³-hybridized carbons (Fsp3) is 0.792. The van der Waals surface area contributed by atoms with Crippen molar-refractivity contribution in [3.63, 3.8) is 0 Å². The fourth-order valence-electron chi connectivity index (χ4n) is 3.54. The Morgan fingerprint density at radius 2 is 1.96 bits per heavy atom. The van der Waals surface area contributed by atoms with Gasteiger partial charge in [0.15, 0.2) is 0 Å². The highest BCUT2D eigenvalue weighted by molar-refractivity contribution is 5.69. The predicted molar refractivity (Wildman–Crippen MR) is 112 cm³/mol. The first-order valence-corrected chi connectivity index (χ1v) is 11.1. The van der Waals surface area contributed by atoms with Gasteiger partial charge >= 0.3 is 5.97 Å². The molecule has 0 amide bonds. The topological polar surface area (TPSA) is 35.5 Å². The second-order valence-corrected chi connectivity index (χ2v) is 7.45. The Bertz CT molecular complexity index is 458. The van der Waals surface area contributed by atoms with Gasteiger partial charge in [-0.25, -0.2) is 0 Å². The Kier molecular flexibility index (Phi) is 14.9. The lowest BCUT2D eigenvalue weighted by molar-refractivity contribution is -0.145. The molecule has 27 heavy (non-hydrogen) atoms. The maximum atomic E-state index is 11.6. The van der Waals surface area contributed by atoms with Crippen molar-refractivity contribution in [2.24, 2.45) is 11.8 Å². The largest absolute Gasteiger partial charge is 0.463 e. The van der Waals surface area contributed by atoms with Crippen LogP contribution in [0.25, 0.3) is 0 Å². The summed E-state index contributed by atoms with van der Waals surface area (Å²) in [7, 11) is 0. The lowest BCUT2D eigenvalue weighted by atomic mass is 9.93. The third-order valence-electron chi connectivity index (χ3n) is 5.15. The van der Waals surface area contributed by atoms with E-state index in [0.29, 0.717) is 32.2 Å². The average molecular weight is 377 g/mol. The van der Waals surface area contributed by atoms with Gasteiger partial charge in [-0.3, -0.25) is 4.79 Å². The molecular weight excluding hydrogens is 336 g/mol. The summed E-state index contributed by atoms with van der Waals surface area (Å²) < 4.78 is 10.3. The van der Waals surface area contributed by atoms with Gasteiger partial charge in [-0.2, -0.15) is 0 Å². The third kappa shape index (κ3) is 12.7. The zero-order chi connectivity index (χ0) is 19.6. The Labute approximate surface area is 167 Å². The van der Waals surface area contributed by atoms with Gasteiger partial charge < -0.3 is 9.47 Å². The number of hydrogen-bond acceptors (Lipinski definition) is 3. The van der Waals surface area contributed by atoms with Crippen molar-refractivity contribution in [3.8, 4) is 11.8 Å². The minimum absolute atomic E-state index is 0.117. The van der Waals surface area contributed by atoms with Crippen molar-refractivity contribution in [1.82, 2.24) is 0 Å². The van der Waals surface area contributed by atoms with Gasteiger partial charge in [-0.05, 0) is 51.4 Å². The molecule has 3 nitrogen and oxygen atoms in total. The number of allylic oxidation sites excluding steroid dienone is 2. The molecule has 0 bridgehead atoms. The SMILES string of the molecule is CCCCCCC#C[C@H]1CCC[C@@H]1CC=CCCCC(=O)OCCOCC. The van der Waals surface area contributed by atoms with Crippen molar-refractivity contribution in [1.29, 1.82) is 0 Å². The highest BCUT2D eigenvalue weighted by atomic mass is 16.6. The normalized spacial score (nSPS) is 19.2. The molecule has 0 N–H and O–H groups in total. The molecule has 1 saturated carbocycles. The minimum Gasteiger partial charge on any atom is -0.463 e. The van der Waals surface area contributed by atoms with Gasteiger partial charge in [-0.1, -0.05) is 50.7 Å². The molecule has 0 saturated heterocycles. The van der Waals surface area contributed by atoms with Crippen molar-refractivity contribution >= 4 is 5.97 Å². The predicted octanol–water partition coefficient (Wildman–Crippen LogP) is 6.07. The zero-order valence-corrected chi connectivity index (χ0v) is 17.6. The van der Waals surface area contributed by atoms with E-state index >= 15 is 0 Å². The van der Waals surface area contributed by atoms with Crippen LogP contribution in [-0.2, 0) is 14.3 Å². The van der Waals surface area contributed by atoms with Crippen LogP contribution in [-0.4, -0.2) is 25.8 Å². The molecule has 2 atom stereocenters. The smallest absolute Gasteiger partial charge is 0.305 e. The van der Waals surface area contributed by atoms with Gasteiger partial charge in [0.25, 0.3) is 0 Å². The summed E-state index contributed by atoms with van der Waals surface area (Å²) in [6, 6.07) is 0. The molecule has 0 aliphatic heterocycles. The fourth-order valence-corrected chi connectivity index (χ4v) is 3.54. The molecule has 1 rings (SSSR count). The van der Waals surface area contributed by atoms with Crippen LogP contribution in [0.2, 0.25) is 0 Å². The maximum Gasteiger partial charge on any atom is 0.305 e. The summed E-state index contributed by atoms with van der Waals surface area (Å²) in [5.41, 5.74) is 0. The first-order chi connectivity index (χ1) is 13.3. The molecule has 0 radical (unpaired) electrons. The van der Waals surface area contributed by atoms with Gasteiger partial charge in [-0.15, -0.1) is 5.92 Å². The van der Waals surface area contributed by atoms with Crippen molar-refractivity contribution in [2.75, 3.05) is 19.8 Å². The molecule has 0 unspecified atom stereocenters. The van der Waals surface area contributed by atoms with Crippen molar-refractivity contribution in [3.05, 3.63) is 12.2 Å². The molecule has 0 heterocycles. The minimum atomic E-state index is -0.117. The highest BCUT2D eigenvalue weighted by Crippen LogP contribution is 2.34. The first kappa shape index (κ1) is 23.8. The number of carbonyl (C=O) groups excluding carboxylic acids is 1. The summed E-state index contributed by atoms with van der Waals surface area (Å²) in [4.78, 5) is 11.6. The van der Waals surface area contributed by atoms with Crippen LogP contribution in [0.4, 0.5) is 0 Å². The zero-order valence-electron chi connectivity index (χ0n) is 17.6. The molecule has 1 aliphatic carbocycles. The number of rotatable bonds is 14. The Hall–Kier alpha value is -1.27. The van der Waals surface area contributed by atoms with Crippen LogP contribution in [0.15, 0.2) is 12.2 Å². The standard InChI is InChI=1S/C24H40O3/c1-3-5-6-7-8-11-15-22-17-14-18-23(22)16-12-9-10-13-19-24(25)27-21-20-26-4-2/h9,12,22-23H,3-8,10,13-14,16-21H2,1-2H3/t22-,23-/m0/s1. The van der Waals surface area contributed by atoms with E-state index in [9.17, 15) is 4.79 Å². The van der Waals surface area contributed by atoms with E-state index in [4.69, 9.17) is 9.47 Å². The quantitative estimate of drug-likeness (QED) is 0.160. The lowest BCUT2D eigenvalue weighted by Gasteiger charge is -2.11. The van der Waals surface area contributed by atoms with Gasteiger partial charge in [0.05, 0.1) is 6.61 Å². The molecule has 154 valence electrons. The molecule has 0 spiro atoms. The summed E-state index contributed by atoms with van der Waals surface area (Å²) in [6.07, 6.45) is 18.1. The van der Waals surface area contributed by atoms with Crippen LogP contribution in [0, 0.1) is 23.7 Å². The van der Waals surface area contributed by atoms with Crippen molar-refractivity contribution < 1.29 is 14.3 Å². The molecule has 1 fully saturated rings. The van der Waals surface area contributed by atoms with E-state index in [1.807, 2.05) is 6.92 Å². The number of esters is 1. The highest BCUT2D eigenvalue weighted by Gasteiger charge is 2.24. The van der Waals surface area contributed by atoms with Crippen LogP contribution < -0.4 is 0 Å². The summed E-state index contributed by atoms with van der Waals surface area (Å²) in [5, 5.41) is 0. The monoisotopic (exact) mass is 376 g/mol. The second-order valence-electron chi connectivity index (χ2n) is 7.45. The molecule has 0 aromatic rings. The van der Waals surface area contributed by atoms with Crippen LogP contribution in [0.5, 0.6) is 0 Å². The second kappa shape index (κ2) is 16.9. The molecule has 1 aliphatic rings. The van der Waals surface area contributed by atoms with Gasteiger partial charge in [0.1, 0.15) is 6.61 Å². The van der Waals surface area contributed by atoms with E-state index in [-0.39, 0.29) is 5.97 Å². The van der Waals surface area contributed by atoms with Crippen molar-refractivity contribution in [2.45, 2.75) is 90.9 Å². The Morgan fingerprint density at radius 1 is 1.07 bits per heavy atom. The number of ether oxygens (including phenoxy) is 2. The van der Waals surface area contributed by atoms with Gasteiger partial charge in [0.2, 0.25) is 0 Å². The molecule has 0 aromatic heterocycles. The molecule has 3 heteroatoms. The van der Waals surface area contributed by atoms with Gasteiger partial charge in [0, 0.05) is 25.4 Å². The number of carbonyl (C=O) groups is 1. The van der Waals surface area contributed by atoms with E-state index in [1.54, 1.807) is 0 Å². The summed E-state index contributed by atoms with van der Waals surface area (Å²) >= 11 is 0.